The number of carbonyl (C=O) groups excluding carboxylic acids is 1. The highest BCUT2D eigenvalue weighted by molar-refractivity contribution is 6.30. The molecule has 1 aliphatic rings. The number of hydrogen-bond acceptors (Lipinski definition) is 4. The van der Waals surface area contributed by atoms with E-state index in [4.69, 9.17) is 21.1 Å². The van der Waals surface area contributed by atoms with Gasteiger partial charge in [-0.3, -0.25) is 9.69 Å². The van der Waals surface area contributed by atoms with Crippen molar-refractivity contribution >= 4 is 23.3 Å². The molecule has 0 N–H and O–H groups in total. The number of nitrogens with zero attached hydrogens (tertiary/aromatic N) is 2. The molecule has 1 aromatic carbocycles. The van der Waals surface area contributed by atoms with Crippen molar-refractivity contribution in [2.75, 3.05) is 18.1 Å². The normalized spacial score (nSPS) is 14.7. The van der Waals surface area contributed by atoms with Gasteiger partial charge in [-0.1, -0.05) is 17.7 Å². The summed E-state index contributed by atoms with van der Waals surface area (Å²) in [5.74, 6) is 1.53. The monoisotopic (exact) mass is 318 g/mol. The van der Waals surface area contributed by atoms with Crippen LogP contribution in [0.5, 0.6) is 11.5 Å². The van der Waals surface area contributed by atoms with Gasteiger partial charge in [0.2, 0.25) is 0 Å². The Kier molecular flexibility index (Phi) is 4.15. The first-order chi connectivity index (χ1) is 10.6. The standard InChI is InChI=1S/C16H15ClN2O3/c1-11(22-13-5-2-4-12(17)10-13)16(20)19-8-9-21-14-6-3-7-18-15(14)19/h2-7,10-11H,8-9H2,1H3. The molecule has 2 aromatic rings. The van der Waals surface area contributed by atoms with Gasteiger partial charge in [-0.2, -0.15) is 0 Å². The highest BCUT2D eigenvalue weighted by atomic mass is 35.5. The molecule has 1 amide bonds. The van der Waals surface area contributed by atoms with Crippen LogP contribution in [0.1, 0.15) is 6.92 Å². The lowest BCUT2D eigenvalue weighted by atomic mass is 10.2. The van der Waals surface area contributed by atoms with Gasteiger partial charge in [-0.15, -0.1) is 0 Å². The van der Waals surface area contributed by atoms with E-state index in [0.717, 1.165) is 0 Å². The number of aromatic nitrogens is 1. The van der Waals surface area contributed by atoms with E-state index in [9.17, 15) is 4.79 Å². The van der Waals surface area contributed by atoms with Crippen molar-refractivity contribution in [2.45, 2.75) is 13.0 Å². The minimum absolute atomic E-state index is 0.164. The summed E-state index contributed by atoms with van der Waals surface area (Å²) in [6.45, 7) is 2.60. The Labute approximate surface area is 133 Å². The van der Waals surface area contributed by atoms with Crippen molar-refractivity contribution in [1.29, 1.82) is 0 Å². The van der Waals surface area contributed by atoms with Gasteiger partial charge in [-0.25, -0.2) is 4.98 Å². The van der Waals surface area contributed by atoms with E-state index in [0.29, 0.717) is 35.5 Å². The van der Waals surface area contributed by atoms with Crippen LogP contribution in [0.15, 0.2) is 42.6 Å². The summed E-state index contributed by atoms with van der Waals surface area (Å²) in [6, 6.07) is 10.5. The van der Waals surface area contributed by atoms with Gasteiger partial charge < -0.3 is 9.47 Å². The number of anilines is 1. The number of pyridine rings is 1. The summed E-state index contributed by atoms with van der Waals surface area (Å²) in [6.07, 6.45) is 0.988. The summed E-state index contributed by atoms with van der Waals surface area (Å²) in [5.41, 5.74) is 0. The fraction of sp³-hybridized carbons (Fsp3) is 0.250. The number of benzene rings is 1. The smallest absolute Gasteiger partial charge is 0.269 e. The molecule has 1 aliphatic heterocycles. The van der Waals surface area contributed by atoms with Crippen molar-refractivity contribution in [2.24, 2.45) is 0 Å². The molecule has 0 spiro atoms. The number of halogens is 1. The minimum Gasteiger partial charge on any atom is -0.488 e. The maximum absolute atomic E-state index is 12.6. The molecule has 6 heteroatoms. The molecule has 1 atom stereocenters. The molecule has 2 heterocycles. The molecule has 0 fully saturated rings. The van der Waals surface area contributed by atoms with Gasteiger partial charge in [-0.05, 0) is 37.3 Å². The summed E-state index contributed by atoms with van der Waals surface area (Å²) in [7, 11) is 0. The summed E-state index contributed by atoms with van der Waals surface area (Å²) in [4.78, 5) is 18.4. The lowest BCUT2D eigenvalue weighted by Gasteiger charge is -2.30. The number of hydrogen-bond donors (Lipinski definition) is 0. The average molecular weight is 319 g/mol. The lowest BCUT2D eigenvalue weighted by molar-refractivity contribution is -0.124. The number of amides is 1. The van der Waals surface area contributed by atoms with E-state index in [2.05, 4.69) is 4.98 Å². The minimum atomic E-state index is -0.647. The quantitative estimate of drug-likeness (QED) is 0.873. The molecular weight excluding hydrogens is 304 g/mol. The number of rotatable bonds is 3. The topological polar surface area (TPSA) is 51.7 Å². The molecule has 0 saturated carbocycles. The van der Waals surface area contributed by atoms with Gasteiger partial charge in [0.1, 0.15) is 12.4 Å². The highest BCUT2D eigenvalue weighted by Crippen LogP contribution is 2.29. The zero-order chi connectivity index (χ0) is 15.5. The molecule has 114 valence electrons. The molecule has 22 heavy (non-hydrogen) atoms. The van der Waals surface area contributed by atoms with E-state index in [-0.39, 0.29) is 5.91 Å². The molecule has 0 aliphatic carbocycles. The number of fused-ring (bicyclic) bond motifs is 1. The second-order valence-electron chi connectivity index (χ2n) is 4.88. The Morgan fingerprint density at radius 1 is 1.41 bits per heavy atom. The first-order valence-electron chi connectivity index (χ1n) is 6.96. The number of ether oxygens (including phenoxy) is 2. The fourth-order valence-electron chi connectivity index (χ4n) is 2.28. The van der Waals surface area contributed by atoms with Gasteiger partial charge >= 0.3 is 0 Å². The van der Waals surface area contributed by atoms with Crippen LogP contribution in [-0.4, -0.2) is 30.1 Å². The third-order valence-electron chi connectivity index (χ3n) is 3.30. The average Bonchev–Trinajstić information content (AvgIpc) is 2.53. The fourth-order valence-corrected chi connectivity index (χ4v) is 2.46. The first kappa shape index (κ1) is 14.7. The highest BCUT2D eigenvalue weighted by Gasteiger charge is 2.29. The SMILES string of the molecule is CC(Oc1cccc(Cl)c1)C(=O)N1CCOc2cccnc21. The maximum Gasteiger partial charge on any atom is 0.269 e. The maximum atomic E-state index is 12.6. The largest absolute Gasteiger partial charge is 0.488 e. The Morgan fingerprint density at radius 3 is 3.09 bits per heavy atom. The molecule has 0 radical (unpaired) electrons. The van der Waals surface area contributed by atoms with Crippen LogP contribution in [0.4, 0.5) is 5.82 Å². The van der Waals surface area contributed by atoms with Gasteiger partial charge in [0, 0.05) is 11.2 Å². The van der Waals surface area contributed by atoms with E-state index in [1.807, 2.05) is 0 Å². The summed E-state index contributed by atoms with van der Waals surface area (Å²) >= 11 is 5.92. The summed E-state index contributed by atoms with van der Waals surface area (Å²) in [5, 5.41) is 0.565. The van der Waals surface area contributed by atoms with E-state index in [1.165, 1.54) is 0 Å². The van der Waals surface area contributed by atoms with Crippen LogP contribution in [-0.2, 0) is 4.79 Å². The van der Waals surface area contributed by atoms with E-state index < -0.39 is 6.10 Å². The van der Waals surface area contributed by atoms with E-state index >= 15 is 0 Å². The van der Waals surface area contributed by atoms with Crippen LogP contribution in [0.2, 0.25) is 5.02 Å². The lowest BCUT2D eigenvalue weighted by Crippen LogP contribution is -2.45. The molecular formula is C16H15ClN2O3. The van der Waals surface area contributed by atoms with Gasteiger partial charge in [0.15, 0.2) is 17.7 Å². The Balaban J connectivity index is 1.77. The zero-order valence-electron chi connectivity index (χ0n) is 12.0. The van der Waals surface area contributed by atoms with Crippen molar-refractivity contribution in [3.63, 3.8) is 0 Å². The van der Waals surface area contributed by atoms with Crippen molar-refractivity contribution in [1.82, 2.24) is 4.98 Å². The van der Waals surface area contributed by atoms with Crippen LogP contribution in [0, 0.1) is 0 Å². The molecule has 5 nitrogen and oxygen atoms in total. The van der Waals surface area contributed by atoms with E-state index in [1.54, 1.807) is 54.4 Å². The van der Waals surface area contributed by atoms with Crippen molar-refractivity contribution in [3.8, 4) is 11.5 Å². The van der Waals surface area contributed by atoms with Crippen LogP contribution < -0.4 is 14.4 Å². The third kappa shape index (κ3) is 2.99. The van der Waals surface area contributed by atoms with Crippen LogP contribution in [0.25, 0.3) is 0 Å². The molecule has 0 bridgehead atoms. The zero-order valence-corrected chi connectivity index (χ0v) is 12.8. The van der Waals surface area contributed by atoms with Gasteiger partial charge in [0.05, 0.1) is 6.54 Å². The predicted octanol–water partition coefficient (Wildman–Crippen LogP) is 2.93. The molecule has 1 unspecified atom stereocenters. The van der Waals surface area contributed by atoms with Crippen molar-refractivity contribution < 1.29 is 14.3 Å². The molecule has 1 aromatic heterocycles. The Morgan fingerprint density at radius 2 is 2.27 bits per heavy atom. The van der Waals surface area contributed by atoms with Gasteiger partial charge in [0.25, 0.3) is 5.91 Å². The second kappa shape index (κ2) is 6.23. The van der Waals surface area contributed by atoms with Crippen LogP contribution >= 0.6 is 11.6 Å². The van der Waals surface area contributed by atoms with Crippen LogP contribution in [0.3, 0.4) is 0 Å². The second-order valence-corrected chi connectivity index (χ2v) is 5.32. The van der Waals surface area contributed by atoms with Crippen molar-refractivity contribution in [3.05, 3.63) is 47.6 Å². The Hall–Kier alpha value is -2.27. The predicted molar refractivity (Wildman–Crippen MR) is 83.6 cm³/mol. The third-order valence-corrected chi connectivity index (χ3v) is 3.54. The Bertz CT molecular complexity index is 693. The summed E-state index contributed by atoms with van der Waals surface area (Å²) < 4.78 is 11.2. The molecule has 0 saturated heterocycles. The first-order valence-corrected chi connectivity index (χ1v) is 7.34. The molecule has 3 rings (SSSR count). The number of carbonyl (C=O) groups is 1.